The lowest BCUT2D eigenvalue weighted by Gasteiger charge is -2.39. The fourth-order valence-electron chi connectivity index (χ4n) is 5.38. The van der Waals surface area contributed by atoms with Gasteiger partial charge in [0, 0.05) is 5.92 Å². The van der Waals surface area contributed by atoms with E-state index in [1.54, 1.807) is 4.90 Å². The Morgan fingerprint density at radius 1 is 1.03 bits per heavy atom. The molecular formula is C22H35FN6+2. The van der Waals surface area contributed by atoms with Crippen LogP contribution in [0.3, 0.4) is 0 Å². The highest BCUT2D eigenvalue weighted by Crippen LogP contribution is 2.18. The molecule has 1 aliphatic heterocycles. The molecule has 0 radical (unpaired) electrons. The fraction of sp³-hybridized carbons (Fsp3) is 0.682. The predicted octanol–water partition coefficient (Wildman–Crippen LogP) is 0.674. The number of nitrogens with one attached hydrogen (secondary N) is 2. The molecule has 2 fully saturated rings. The van der Waals surface area contributed by atoms with E-state index in [1.165, 1.54) is 70.4 Å². The third kappa shape index (κ3) is 4.83. The van der Waals surface area contributed by atoms with Crippen LogP contribution in [0.1, 0.15) is 63.4 Å². The van der Waals surface area contributed by atoms with Gasteiger partial charge in [-0.3, -0.25) is 0 Å². The van der Waals surface area contributed by atoms with Gasteiger partial charge in [-0.1, -0.05) is 32.4 Å². The lowest BCUT2D eigenvalue weighted by molar-refractivity contribution is -1.04. The molecule has 4 rings (SSSR count). The van der Waals surface area contributed by atoms with Crippen molar-refractivity contribution in [3.05, 3.63) is 41.5 Å². The summed E-state index contributed by atoms with van der Waals surface area (Å²) in [7, 11) is 0. The first-order valence-corrected chi connectivity index (χ1v) is 11.3. The van der Waals surface area contributed by atoms with Crippen LogP contribution in [0, 0.1) is 11.7 Å². The van der Waals surface area contributed by atoms with Crippen molar-refractivity contribution in [1.29, 1.82) is 0 Å². The molecule has 1 saturated heterocycles. The molecule has 2 aliphatic rings. The maximum atomic E-state index is 13.2. The van der Waals surface area contributed by atoms with Crippen molar-refractivity contribution in [1.82, 2.24) is 20.2 Å². The second-order valence-electron chi connectivity index (χ2n) is 9.19. The Hall–Kier alpha value is -1.86. The predicted molar refractivity (Wildman–Crippen MR) is 109 cm³/mol. The van der Waals surface area contributed by atoms with Crippen molar-refractivity contribution >= 4 is 0 Å². The number of hydrogen-bond acceptors (Lipinski definition) is 3. The molecule has 1 saturated carbocycles. The average Bonchev–Trinajstić information content (AvgIpc) is 3.18. The second kappa shape index (κ2) is 9.30. The van der Waals surface area contributed by atoms with Gasteiger partial charge in [0.05, 0.1) is 12.6 Å². The molecule has 1 aromatic carbocycles. The highest BCUT2D eigenvalue weighted by atomic mass is 19.1. The monoisotopic (exact) mass is 402 g/mol. The summed E-state index contributed by atoms with van der Waals surface area (Å²) in [6.07, 6.45) is 7.07. The Kier molecular flexibility index (Phi) is 6.55. The average molecular weight is 403 g/mol. The molecule has 29 heavy (non-hydrogen) atoms. The highest BCUT2D eigenvalue weighted by molar-refractivity contribution is 5.16. The summed E-state index contributed by atoms with van der Waals surface area (Å²) in [6.45, 7) is 9.99. The lowest BCUT2D eigenvalue weighted by atomic mass is 9.93. The number of quaternary nitrogens is 2. The molecule has 6 nitrogen and oxygen atoms in total. The van der Waals surface area contributed by atoms with Crippen LogP contribution in [0.15, 0.2) is 24.3 Å². The highest BCUT2D eigenvalue weighted by Gasteiger charge is 2.38. The molecule has 0 amide bonds. The summed E-state index contributed by atoms with van der Waals surface area (Å²) in [5.74, 6) is 1.20. The van der Waals surface area contributed by atoms with Crippen molar-refractivity contribution in [3.63, 3.8) is 0 Å². The Labute approximate surface area is 173 Å². The van der Waals surface area contributed by atoms with Gasteiger partial charge >= 0.3 is 0 Å². The van der Waals surface area contributed by atoms with Crippen LogP contribution in [0.25, 0.3) is 0 Å². The summed E-state index contributed by atoms with van der Waals surface area (Å²) < 4.78 is 15.1. The molecule has 0 spiro atoms. The standard InChI is InChI=1S/C22H33FN6/c1-17(2)21(28-14-12-27(13-15-28)20-6-4-3-5-7-20)22-24-25-26-29(22)16-18-8-10-19(23)11-9-18/h8-11,17,20-21H,3-7,12-16H2,1-2H3/p+2/t21-/m0/s1. The van der Waals surface area contributed by atoms with E-state index in [2.05, 4.69) is 29.4 Å². The lowest BCUT2D eigenvalue weighted by Crippen LogP contribution is -3.30. The summed E-state index contributed by atoms with van der Waals surface area (Å²) in [5.41, 5.74) is 1.02. The third-order valence-electron chi connectivity index (χ3n) is 6.91. The van der Waals surface area contributed by atoms with Crippen LogP contribution in [0.5, 0.6) is 0 Å². The van der Waals surface area contributed by atoms with Gasteiger partial charge in [0.2, 0.25) is 5.82 Å². The second-order valence-corrected chi connectivity index (χ2v) is 9.19. The van der Waals surface area contributed by atoms with Crippen LogP contribution >= 0.6 is 0 Å². The molecule has 1 atom stereocenters. The minimum absolute atomic E-state index is 0.214. The van der Waals surface area contributed by atoms with Gasteiger partial charge in [-0.2, -0.15) is 0 Å². The van der Waals surface area contributed by atoms with Gasteiger partial charge < -0.3 is 9.80 Å². The first-order chi connectivity index (χ1) is 14.1. The van der Waals surface area contributed by atoms with Crippen LogP contribution in [0.4, 0.5) is 4.39 Å². The molecule has 2 N–H and O–H groups in total. The summed E-state index contributed by atoms with van der Waals surface area (Å²) in [4.78, 5) is 3.43. The number of rotatable bonds is 6. The zero-order chi connectivity index (χ0) is 20.2. The first-order valence-electron chi connectivity index (χ1n) is 11.3. The molecule has 1 aromatic heterocycles. The van der Waals surface area contributed by atoms with E-state index in [0.29, 0.717) is 18.5 Å². The number of piperazine rings is 1. The van der Waals surface area contributed by atoms with Crippen LogP contribution in [0.2, 0.25) is 0 Å². The van der Waals surface area contributed by atoms with E-state index in [9.17, 15) is 4.39 Å². The topological polar surface area (TPSA) is 52.5 Å². The molecule has 2 heterocycles. The number of nitrogens with zero attached hydrogens (tertiary/aromatic N) is 4. The van der Waals surface area contributed by atoms with Crippen LogP contribution in [-0.4, -0.2) is 52.4 Å². The Bertz CT molecular complexity index is 760. The zero-order valence-corrected chi connectivity index (χ0v) is 17.8. The number of hydrogen-bond donors (Lipinski definition) is 2. The molecular weight excluding hydrogens is 367 g/mol. The minimum atomic E-state index is -0.214. The number of halogens is 1. The summed E-state index contributed by atoms with van der Waals surface area (Å²) >= 11 is 0. The summed E-state index contributed by atoms with van der Waals surface area (Å²) in [6, 6.07) is 7.79. The van der Waals surface area contributed by atoms with Gasteiger partial charge in [-0.25, -0.2) is 9.07 Å². The SMILES string of the molecule is CC(C)[C@@H](c1nnnn1Cc1ccc(F)cc1)[NH+]1CC[NH+](C2CCCCC2)CC1. The van der Waals surface area contributed by atoms with Crippen molar-refractivity contribution in [2.24, 2.45) is 5.92 Å². The maximum absolute atomic E-state index is 13.2. The Morgan fingerprint density at radius 2 is 1.72 bits per heavy atom. The van der Waals surface area contributed by atoms with Gasteiger partial charge in [-0.05, 0) is 53.8 Å². The molecule has 158 valence electrons. The van der Waals surface area contributed by atoms with E-state index in [4.69, 9.17) is 0 Å². The van der Waals surface area contributed by atoms with Crippen molar-refractivity contribution in [3.8, 4) is 0 Å². The molecule has 7 heteroatoms. The van der Waals surface area contributed by atoms with Crippen molar-refractivity contribution < 1.29 is 14.2 Å². The molecule has 0 unspecified atom stereocenters. The molecule has 1 aliphatic carbocycles. The van der Waals surface area contributed by atoms with Crippen molar-refractivity contribution in [2.75, 3.05) is 26.2 Å². The summed E-state index contributed by atoms with van der Waals surface area (Å²) in [5, 5.41) is 12.7. The molecule has 0 bridgehead atoms. The van der Waals surface area contributed by atoms with Gasteiger partial charge in [0.15, 0.2) is 6.04 Å². The van der Waals surface area contributed by atoms with Gasteiger partial charge in [0.1, 0.15) is 32.0 Å². The van der Waals surface area contributed by atoms with E-state index < -0.39 is 0 Å². The first kappa shape index (κ1) is 20.4. The number of aromatic nitrogens is 4. The van der Waals surface area contributed by atoms with Crippen molar-refractivity contribution in [2.45, 2.75) is 64.6 Å². The zero-order valence-electron chi connectivity index (χ0n) is 17.8. The van der Waals surface area contributed by atoms with Crippen LogP contribution in [-0.2, 0) is 6.54 Å². The quantitative estimate of drug-likeness (QED) is 0.747. The molecule has 2 aromatic rings. The van der Waals surface area contributed by atoms with Crippen LogP contribution < -0.4 is 9.80 Å². The fourth-order valence-corrected chi connectivity index (χ4v) is 5.38. The minimum Gasteiger partial charge on any atom is -0.323 e. The third-order valence-corrected chi connectivity index (χ3v) is 6.91. The normalized spacial score (nSPS) is 24.7. The van der Waals surface area contributed by atoms with Gasteiger partial charge in [0.25, 0.3) is 0 Å². The van der Waals surface area contributed by atoms with Gasteiger partial charge in [-0.15, -0.1) is 5.10 Å². The van der Waals surface area contributed by atoms with E-state index >= 15 is 0 Å². The largest absolute Gasteiger partial charge is 0.323 e. The van der Waals surface area contributed by atoms with E-state index in [0.717, 1.165) is 17.4 Å². The smallest absolute Gasteiger partial charge is 0.209 e. The Balaban J connectivity index is 1.45. The number of benzene rings is 1. The van der Waals surface area contributed by atoms with E-state index in [1.807, 2.05) is 21.7 Å². The maximum Gasteiger partial charge on any atom is 0.209 e. The number of tetrazole rings is 1. The Morgan fingerprint density at radius 3 is 2.38 bits per heavy atom. The van der Waals surface area contributed by atoms with E-state index in [-0.39, 0.29) is 5.82 Å².